The highest BCUT2D eigenvalue weighted by Gasteiger charge is 2.19. The zero-order valence-corrected chi connectivity index (χ0v) is 18.4. The minimum Gasteiger partial charge on any atom is -0.455 e. The molecule has 0 radical (unpaired) electrons. The fourth-order valence-corrected chi connectivity index (χ4v) is 4.30. The van der Waals surface area contributed by atoms with Gasteiger partial charge in [-0.2, -0.15) is 0 Å². The molecule has 1 saturated heterocycles. The third-order valence-electron chi connectivity index (χ3n) is 4.90. The predicted molar refractivity (Wildman–Crippen MR) is 119 cm³/mol. The Balaban J connectivity index is 1.41. The Morgan fingerprint density at radius 3 is 2.68 bits per heavy atom. The van der Waals surface area contributed by atoms with Gasteiger partial charge >= 0.3 is 5.97 Å². The molecule has 2 aromatic carbocycles. The van der Waals surface area contributed by atoms with Gasteiger partial charge in [0, 0.05) is 18.1 Å². The first-order chi connectivity index (χ1) is 15.1. The Kier molecular flexibility index (Phi) is 7.11. The molecule has 162 valence electrons. The maximum atomic E-state index is 12.2. The molecule has 0 unspecified atom stereocenters. The maximum Gasteiger partial charge on any atom is 0.316 e. The summed E-state index contributed by atoms with van der Waals surface area (Å²) in [6, 6.07) is 15.6. The van der Waals surface area contributed by atoms with Crippen molar-refractivity contribution in [2.45, 2.75) is 11.7 Å². The number of carbonyl (C=O) groups is 2. The lowest BCUT2D eigenvalue weighted by atomic mass is 10.2. The van der Waals surface area contributed by atoms with Crippen LogP contribution in [0.3, 0.4) is 0 Å². The lowest BCUT2D eigenvalue weighted by Crippen LogP contribution is -2.42. The number of imidazole rings is 1. The second kappa shape index (κ2) is 10.2. The highest BCUT2D eigenvalue weighted by Crippen LogP contribution is 2.27. The number of thioether (sulfide) groups is 1. The van der Waals surface area contributed by atoms with Crippen molar-refractivity contribution in [1.82, 2.24) is 14.5 Å². The number of amides is 1. The number of morpholine rings is 1. The Morgan fingerprint density at radius 2 is 1.90 bits per heavy atom. The number of fused-ring (bicyclic) bond motifs is 1. The zero-order chi connectivity index (χ0) is 21.6. The Morgan fingerprint density at radius 1 is 1.13 bits per heavy atom. The highest BCUT2D eigenvalue weighted by atomic mass is 35.5. The van der Waals surface area contributed by atoms with Crippen molar-refractivity contribution in [2.24, 2.45) is 0 Å². The van der Waals surface area contributed by atoms with Crippen molar-refractivity contribution in [3.05, 3.63) is 59.1 Å². The molecule has 9 heteroatoms. The molecular weight excluding hydrogens is 438 g/mol. The monoisotopic (exact) mass is 459 g/mol. The molecule has 0 atom stereocenters. The van der Waals surface area contributed by atoms with Gasteiger partial charge in [-0.25, -0.2) is 4.98 Å². The van der Waals surface area contributed by atoms with Gasteiger partial charge in [0.15, 0.2) is 11.8 Å². The summed E-state index contributed by atoms with van der Waals surface area (Å²) in [7, 11) is 0. The largest absolute Gasteiger partial charge is 0.455 e. The number of esters is 1. The van der Waals surface area contributed by atoms with E-state index < -0.39 is 5.97 Å². The van der Waals surface area contributed by atoms with E-state index in [2.05, 4.69) is 9.55 Å². The third-order valence-corrected chi connectivity index (χ3v) is 6.08. The van der Waals surface area contributed by atoms with E-state index in [1.54, 1.807) is 4.90 Å². The molecule has 1 fully saturated rings. The zero-order valence-electron chi connectivity index (χ0n) is 16.8. The Bertz CT molecular complexity index is 1070. The summed E-state index contributed by atoms with van der Waals surface area (Å²) in [5, 5.41) is 1.30. The molecule has 0 bridgehead atoms. The van der Waals surface area contributed by atoms with Crippen LogP contribution in [0.15, 0.2) is 53.7 Å². The highest BCUT2D eigenvalue weighted by molar-refractivity contribution is 7.99. The van der Waals surface area contributed by atoms with Crippen molar-refractivity contribution in [3.8, 4) is 0 Å². The van der Waals surface area contributed by atoms with Gasteiger partial charge < -0.3 is 18.9 Å². The fraction of sp³-hybridized carbons (Fsp3) is 0.318. The van der Waals surface area contributed by atoms with E-state index in [9.17, 15) is 9.59 Å². The summed E-state index contributed by atoms with van der Waals surface area (Å²) in [5.74, 6) is -0.599. The van der Waals surface area contributed by atoms with E-state index in [1.807, 2.05) is 48.5 Å². The van der Waals surface area contributed by atoms with Crippen LogP contribution in [0.25, 0.3) is 11.0 Å². The second-order valence-electron chi connectivity index (χ2n) is 7.04. The van der Waals surface area contributed by atoms with Crippen LogP contribution in [0, 0.1) is 0 Å². The van der Waals surface area contributed by atoms with Crippen LogP contribution in [0.4, 0.5) is 0 Å². The molecule has 1 amide bonds. The molecule has 4 rings (SSSR count). The summed E-state index contributed by atoms with van der Waals surface area (Å²) < 4.78 is 12.5. The number of hydrogen-bond donors (Lipinski definition) is 0. The first-order valence-corrected chi connectivity index (χ1v) is 11.3. The SMILES string of the molecule is O=C(CSc1nc2cc(Cl)ccc2n1Cc1ccccc1)OCC(=O)N1CCOCC1. The van der Waals surface area contributed by atoms with Crippen molar-refractivity contribution < 1.29 is 19.1 Å². The van der Waals surface area contributed by atoms with E-state index in [-0.39, 0.29) is 18.3 Å². The number of rotatable bonds is 7. The van der Waals surface area contributed by atoms with Gasteiger partial charge in [-0.1, -0.05) is 53.7 Å². The molecule has 1 aliphatic rings. The first-order valence-electron chi connectivity index (χ1n) is 9.94. The number of nitrogens with zero attached hydrogens (tertiary/aromatic N) is 3. The number of ether oxygens (including phenoxy) is 2. The topological polar surface area (TPSA) is 73.7 Å². The van der Waals surface area contributed by atoms with Crippen LogP contribution < -0.4 is 0 Å². The summed E-state index contributed by atoms with van der Waals surface area (Å²) >= 11 is 7.41. The lowest BCUT2D eigenvalue weighted by molar-refractivity contribution is -0.151. The van der Waals surface area contributed by atoms with Crippen molar-refractivity contribution in [1.29, 1.82) is 0 Å². The van der Waals surface area contributed by atoms with Gasteiger partial charge in [0.1, 0.15) is 0 Å². The van der Waals surface area contributed by atoms with Crippen molar-refractivity contribution >= 4 is 46.3 Å². The number of halogens is 1. The van der Waals surface area contributed by atoms with E-state index in [0.29, 0.717) is 43.0 Å². The standard InChI is InChI=1S/C22H22ClN3O4S/c23-17-6-7-19-18(12-17)24-22(26(19)13-16-4-2-1-3-5-16)31-15-21(28)30-14-20(27)25-8-10-29-11-9-25/h1-7,12H,8-11,13-15H2. The average Bonchev–Trinajstić information content (AvgIpc) is 3.13. The third kappa shape index (κ3) is 5.58. The Labute approximate surface area is 189 Å². The second-order valence-corrected chi connectivity index (χ2v) is 8.42. The average molecular weight is 460 g/mol. The lowest BCUT2D eigenvalue weighted by Gasteiger charge is -2.26. The van der Waals surface area contributed by atoms with Gasteiger partial charge in [0.2, 0.25) is 0 Å². The number of carbonyl (C=O) groups excluding carboxylic acids is 2. The molecule has 0 spiro atoms. The van der Waals surface area contributed by atoms with Gasteiger partial charge in [-0.05, 0) is 23.8 Å². The van der Waals surface area contributed by atoms with E-state index in [4.69, 9.17) is 21.1 Å². The number of hydrogen-bond acceptors (Lipinski definition) is 6. The quantitative estimate of drug-likeness (QED) is 0.399. The fourth-order valence-electron chi connectivity index (χ4n) is 3.32. The van der Waals surface area contributed by atoms with E-state index in [1.165, 1.54) is 11.8 Å². The normalized spacial score (nSPS) is 14.0. The van der Waals surface area contributed by atoms with E-state index >= 15 is 0 Å². The predicted octanol–water partition coefficient (Wildman–Crippen LogP) is 3.23. The molecule has 3 aromatic rings. The Hall–Kier alpha value is -2.55. The van der Waals surface area contributed by atoms with Crippen molar-refractivity contribution in [2.75, 3.05) is 38.7 Å². The first kappa shape index (κ1) is 21.7. The number of aromatic nitrogens is 2. The molecular formula is C22H22ClN3O4S. The van der Waals surface area contributed by atoms with Crippen LogP contribution in [0.2, 0.25) is 5.02 Å². The minimum absolute atomic E-state index is 0.0578. The van der Waals surface area contributed by atoms with Crippen molar-refractivity contribution in [3.63, 3.8) is 0 Å². The van der Waals surface area contributed by atoms with Gasteiger partial charge in [-0.3, -0.25) is 9.59 Å². The smallest absolute Gasteiger partial charge is 0.316 e. The van der Waals surface area contributed by atoms with Gasteiger partial charge in [0.05, 0.1) is 36.5 Å². The van der Waals surface area contributed by atoms with Crippen LogP contribution in [0.1, 0.15) is 5.56 Å². The molecule has 7 nitrogen and oxygen atoms in total. The minimum atomic E-state index is -0.456. The van der Waals surface area contributed by atoms with E-state index in [0.717, 1.165) is 16.6 Å². The molecule has 1 aromatic heterocycles. The molecule has 2 heterocycles. The van der Waals surface area contributed by atoms with Crippen LogP contribution in [-0.2, 0) is 25.6 Å². The summed E-state index contributed by atoms with van der Waals surface area (Å²) in [6.45, 7) is 2.43. The molecule has 31 heavy (non-hydrogen) atoms. The summed E-state index contributed by atoms with van der Waals surface area (Å²) in [6.07, 6.45) is 0. The molecule has 0 saturated carbocycles. The number of benzene rings is 2. The van der Waals surface area contributed by atoms with Gasteiger partial charge in [0.25, 0.3) is 5.91 Å². The molecule has 0 aliphatic carbocycles. The summed E-state index contributed by atoms with van der Waals surface area (Å²) in [5.41, 5.74) is 2.82. The van der Waals surface area contributed by atoms with Gasteiger partial charge in [-0.15, -0.1) is 0 Å². The maximum absolute atomic E-state index is 12.2. The molecule has 1 aliphatic heterocycles. The van der Waals surface area contributed by atoms with Crippen LogP contribution in [-0.4, -0.2) is 65.0 Å². The van der Waals surface area contributed by atoms with Crippen LogP contribution in [0.5, 0.6) is 0 Å². The molecule has 0 N–H and O–H groups in total. The van der Waals surface area contributed by atoms with Crippen LogP contribution >= 0.6 is 23.4 Å². The summed E-state index contributed by atoms with van der Waals surface area (Å²) in [4.78, 5) is 30.7.